The topological polar surface area (TPSA) is 35.8 Å². The minimum atomic E-state index is 0.158. The molecule has 2 nitrogen and oxygen atoms in total. The van der Waals surface area contributed by atoms with Crippen LogP contribution in [0.2, 0.25) is 0 Å². The molecule has 1 aromatic rings. The quantitative estimate of drug-likeness (QED) is 0.804. The van der Waals surface area contributed by atoms with Crippen molar-refractivity contribution in [3.8, 4) is 6.07 Å². The molecule has 0 aliphatic carbocycles. The number of benzene rings is 1. The molecule has 1 rings (SSSR count). The summed E-state index contributed by atoms with van der Waals surface area (Å²) in [6.45, 7) is 3.19. The van der Waals surface area contributed by atoms with Crippen molar-refractivity contribution >= 4 is 11.8 Å². The Hall–Kier alpha value is -0.980. The maximum Gasteiger partial charge on any atom is 0.0641 e. The van der Waals surface area contributed by atoms with E-state index >= 15 is 0 Å². The number of hydrogen-bond acceptors (Lipinski definition) is 3. The Morgan fingerprint density at radius 3 is 2.65 bits per heavy atom. The first-order chi connectivity index (χ1) is 8.27. The summed E-state index contributed by atoms with van der Waals surface area (Å²) in [6, 6.07) is 12.6. The van der Waals surface area contributed by atoms with E-state index in [1.807, 2.05) is 30.0 Å². The highest BCUT2D eigenvalue weighted by Gasteiger charge is 2.11. The Balaban J connectivity index is 2.53. The Labute approximate surface area is 108 Å². The zero-order chi connectivity index (χ0) is 12.5. The van der Waals surface area contributed by atoms with Gasteiger partial charge in [0.2, 0.25) is 0 Å². The summed E-state index contributed by atoms with van der Waals surface area (Å²) >= 11 is 1.87. The molecule has 0 aliphatic heterocycles. The van der Waals surface area contributed by atoms with Crippen LogP contribution in [0.15, 0.2) is 30.3 Å². The first-order valence-electron chi connectivity index (χ1n) is 5.92. The Kier molecular flexibility index (Phi) is 6.76. The van der Waals surface area contributed by atoms with Gasteiger partial charge in [-0.25, -0.2) is 0 Å². The number of nitriles is 1. The molecule has 1 N–H and O–H groups in total. The lowest BCUT2D eigenvalue weighted by molar-refractivity contribution is 0.482. The molecule has 0 saturated carbocycles. The van der Waals surface area contributed by atoms with E-state index in [0.717, 1.165) is 12.3 Å². The fourth-order valence-electron chi connectivity index (χ4n) is 1.77. The van der Waals surface area contributed by atoms with E-state index in [9.17, 15) is 0 Å². The largest absolute Gasteiger partial charge is 0.309 e. The average Bonchev–Trinajstić information content (AvgIpc) is 2.36. The normalized spacial score (nSPS) is 13.9. The summed E-state index contributed by atoms with van der Waals surface area (Å²) in [7, 11) is 0. The van der Waals surface area contributed by atoms with E-state index in [0.29, 0.717) is 12.3 Å². The molecule has 0 radical (unpaired) electrons. The van der Waals surface area contributed by atoms with Crippen molar-refractivity contribution in [1.82, 2.24) is 5.32 Å². The van der Waals surface area contributed by atoms with Crippen LogP contribution in [-0.2, 0) is 0 Å². The van der Waals surface area contributed by atoms with Crippen molar-refractivity contribution in [3.05, 3.63) is 35.9 Å². The Morgan fingerprint density at radius 2 is 2.06 bits per heavy atom. The first kappa shape index (κ1) is 14.1. The third-order valence-electron chi connectivity index (χ3n) is 2.66. The molecular weight excluding hydrogens is 228 g/mol. The van der Waals surface area contributed by atoms with Crippen molar-refractivity contribution in [2.45, 2.75) is 19.4 Å². The summed E-state index contributed by atoms with van der Waals surface area (Å²) in [6.07, 6.45) is 2.65. The molecule has 0 heterocycles. The number of nitrogens with zero attached hydrogens (tertiary/aromatic N) is 1. The zero-order valence-corrected chi connectivity index (χ0v) is 11.3. The molecule has 3 heteroatoms. The van der Waals surface area contributed by atoms with Crippen LogP contribution in [0, 0.1) is 17.2 Å². The van der Waals surface area contributed by atoms with Gasteiger partial charge in [0.25, 0.3) is 0 Å². The smallest absolute Gasteiger partial charge is 0.0641 e. The molecule has 1 aromatic carbocycles. The third-order valence-corrected chi connectivity index (χ3v) is 3.56. The molecule has 0 amide bonds. The van der Waals surface area contributed by atoms with E-state index in [-0.39, 0.29) is 6.04 Å². The van der Waals surface area contributed by atoms with E-state index < -0.39 is 0 Å². The number of nitrogens with one attached hydrogen (secondary N) is 1. The lowest BCUT2D eigenvalue weighted by atomic mass is 10.0. The van der Waals surface area contributed by atoms with Gasteiger partial charge in [-0.2, -0.15) is 17.0 Å². The lowest BCUT2D eigenvalue weighted by Gasteiger charge is -2.19. The van der Waals surface area contributed by atoms with E-state index in [2.05, 4.69) is 36.7 Å². The van der Waals surface area contributed by atoms with Crippen LogP contribution in [-0.4, -0.2) is 18.6 Å². The monoisotopic (exact) mass is 248 g/mol. The Bertz CT molecular complexity index is 345. The van der Waals surface area contributed by atoms with E-state index in [1.165, 1.54) is 5.56 Å². The summed E-state index contributed by atoms with van der Waals surface area (Å²) in [5.74, 6) is 1.79. The van der Waals surface area contributed by atoms with Crippen LogP contribution in [0.25, 0.3) is 0 Å². The lowest BCUT2D eigenvalue weighted by Crippen LogP contribution is -2.27. The first-order valence-corrected chi connectivity index (χ1v) is 7.31. The van der Waals surface area contributed by atoms with Crippen molar-refractivity contribution in [2.75, 3.05) is 18.6 Å². The molecule has 0 fully saturated rings. The fraction of sp³-hybridized carbons (Fsp3) is 0.500. The molecule has 0 spiro atoms. The van der Waals surface area contributed by atoms with Crippen LogP contribution < -0.4 is 5.32 Å². The minimum absolute atomic E-state index is 0.158. The van der Waals surface area contributed by atoms with Crippen molar-refractivity contribution < 1.29 is 0 Å². The van der Waals surface area contributed by atoms with Gasteiger partial charge in [-0.15, -0.1) is 0 Å². The molecule has 0 saturated heterocycles. The molecular formula is C14H20N2S. The van der Waals surface area contributed by atoms with Gasteiger partial charge in [0.1, 0.15) is 0 Å². The summed E-state index contributed by atoms with van der Waals surface area (Å²) in [5, 5.41) is 12.4. The third kappa shape index (κ3) is 5.25. The Morgan fingerprint density at radius 1 is 1.35 bits per heavy atom. The minimum Gasteiger partial charge on any atom is -0.309 e. The molecule has 2 atom stereocenters. The van der Waals surface area contributed by atoms with Crippen LogP contribution in [0.3, 0.4) is 0 Å². The highest BCUT2D eigenvalue weighted by molar-refractivity contribution is 7.98. The highest BCUT2D eigenvalue weighted by Crippen LogP contribution is 2.16. The number of hydrogen-bond donors (Lipinski definition) is 1. The van der Waals surface area contributed by atoms with Crippen LogP contribution in [0.5, 0.6) is 0 Å². The molecule has 0 aliphatic rings. The van der Waals surface area contributed by atoms with Gasteiger partial charge in [-0.1, -0.05) is 37.3 Å². The molecule has 2 unspecified atom stereocenters. The predicted molar refractivity (Wildman–Crippen MR) is 75.0 cm³/mol. The standard InChI is InChI=1S/C14H20N2S/c1-12(11-17-2)10-16-14(8-9-15)13-6-4-3-5-7-13/h3-7,12,14,16H,8,10-11H2,1-2H3. The molecule has 0 bridgehead atoms. The van der Waals surface area contributed by atoms with Gasteiger partial charge in [-0.3, -0.25) is 0 Å². The SMILES string of the molecule is CSCC(C)CNC(CC#N)c1ccccc1. The van der Waals surface area contributed by atoms with Crippen LogP contribution in [0.1, 0.15) is 24.9 Å². The predicted octanol–water partition coefficient (Wildman–Crippen LogP) is 3.23. The number of thioether (sulfide) groups is 1. The second-order valence-electron chi connectivity index (χ2n) is 4.29. The van der Waals surface area contributed by atoms with Gasteiger partial charge < -0.3 is 5.32 Å². The van der Waals surface area contributed by atoms with Gasteiger partial charge in [0.15, 0.2) is 0 Å². The zero-order valence-electron chi connectivity index (χ0n) is 10.5. The molecule has 0 aromatic heterocycles. The van der Waals surface area contributed by atoms with Crippen molar-refractivity contribution in [1.29, 1.82) is 5.26 Å². The van der Waals surface area contributed by atoms with E-state index in [1.54, 1.807) is 0 Å². The maximum atomic E-state index is 8.87. The fourth-order valence-corrected chi connectivity index (χ4v) is 2.46. The maximum absolute atomic E-state index is 8.87. The second-order valence-corrected chi connectivity index (χ2v) is 5.20. The summed E-state index contributed by atoms with van der Waals surface area (Å²) < 4.78 is 0. The van der Waals surface area contributed by atoms with Crippen LogP contribution >= 0.6 is 11.8 Å². The van der Waals surface area contributed by atoms with E-state index in [4.69, 9.17) is 5.26 Å². The molecule has 17 heavy (non-hydrogen) atoms. The average molecular weight is 248 g/mol. The summed E-state index contributed by atoms with van der Waals surface area (Å²) in [5.41, 5.74) is 1.20. The van der Waals surface area contributed by atoms with Crippen LogP contribution in [0.4, 0.5) is 0 Å². The van der Waals surface area contributed by atoms with Gasteiger partial charge >= 0.3 is 0 Å². The molecule has 92 valence electrons. The number of rotatable bonds is 7. The second kappa shape index (κ2) is 8.16. The van der Waals surface area contributed by atoms with Crippen molar-refractivity contribution in [3.63, 3.8) is 0 Å². The summed E-state index contributed by atoms with van der Waals surface area (Å²) in [4.78, 5) is 0. The van der Waals surface area contributed by atoms with Gasteiger partial charge in [-0.05, 0) is 30.0 Å². The highest BCUT2D eigenvalue weighted by atomic mass is 32.2. The van der Waals surface area contributed by atoms with Gasteiger partial charge in [0.05, 0.1) is 12.5 Å². The van der Waals surface area contributed by atoms with Gasteiger partial charge in [0, 0.05) is 6.04 Å². The van der Waals surface area contributed by atoms with Crippen molar-refractivity contribution in [2.24, 2.45) is 5.92 Å².